The zero-order valence-corrected chi connectivity index (χ0v) is 8.88. The van der Waals surface area contributed by atoms with E-state index in [4.69, 9.17) is 9.52 Å². The van der Waals surface area contributed by atoms with Gasteiger partial charge in [-0.25, -0.2) is 4.79 Å². The summed E-state index contributed by atoms with van der Waals surface area (Å²) in [6.45, 7) is 0. The highest BCUT2D eigenvalue weighted by molar-refractivity contribution is 6.05. The number of carbonyl (C=O) groups is 2. The van der Waals surface area contributed by atoms with Crippen molar-refractivity contribution in [2.24, 2.45) is 7.05 Å². The first-order valence-corrected chi connectivity index (χ1v) is 4.69. The number of hydrogen-bond acceptors (Lipinski definition) is 4. The van der Waals surface area contributed by atoms with Gasteiger partial charge in [-0.1, -0.05) is 0 Å². The maximum atomic E-state index is 11.6. The van der Waals surface area contributed by atoms with Crippen molar-refractivity contribution in [3.8, 4) is 0 Å². The van der Waals surface area contributed by atoms with Crippen LogP contribution in [0.25, 0.3) is 0 Å². The summed E-state index contributed by atoms with van der Waals surface area (Å²) in [5, 5.41) is 15.1. The van der Waals surface area contributed by atoms with E-state index in [-0.39, 0.29) is 17.1 Å². The van der Waals surface area contributed by atoms with E-state index in [0.29, 0.717) is 0 Å². The van der Waals surface area contributed by atoms with Gasteiger partial charge in [0, 0.05) is 7.05 Å². The highest BCUT2D eigenvalue weighted by Crippen LogP contribution is 2.15. The first kappa shape index (κ1) is 10.9. The molecule has 2 N–H and O–H groups in total. The zero-order chi connectivity index (χ0) is 12.4. The summed E-state index contributed by atoms with van der Waals surface area (Å²) in [6, 6.07) is 3.04. The Morgan fingerprint density at radius 3 is 2.88 bits per heavy atom. The lowest BCUT2D eigenvalue weighted by molar-refractivity contribution is 0.0686. The lowest BCUT2D eigenvalue weighted by Gasteiger charge is -2.02. The van der Waals surface area contributed by atoms with Crippen LogP contribution in [0.4, 0.5) is 5.69 Å². The van der Waals surface area contributed by atoms with Gasteiger partial charge in [0.1, 0.15) is 0 Å². The first-order valence-electron chi connectivity index (χ1n) is 4.69. The molecule has 0 spiro atoms. The van der Waals surface area contributed by atoms with E-state index in [1.165, 1.54) is 30.3 Å². The van der Waals surface area contributed by atoms with Crippen LogP contribution in [-0.2, 0) is 7.05 Å². The van der Waals surface area contributed by atoms with Gasteiger partial charge in [-0.15, -0.1) is 0 Å². The predicted molar refractivity (Wildman–Crippen MR) is 56.8 cm³/mol. The minimum atomic E-state index is -1.17. The number of carbonyl (C=O) groups excluding carboxylic acids is 1. The molecule has 17 heavy (non-hydrogen) atoms. The van der Waals surface area contributed by atoms with Gasteiger partial charge < -0.3 is 14.8 Å². The van der Waals surface area contributed by atoms with Gasteiger partial charge >= 0.3 is 5.97 Å². The Morgan fingerprint density at radius 1 is 1.53 bits per heavy atom. The summed E-state index contributed by atoms with van der Waals surface area (Å²) < 4.78 is 6.05. The van der Waals surface area contributed by atoms with E-state index in [1.54, 1.807) is 6.07 Å². The van der Waals surface area contributed by atoms with Crippen molar-refractivity contribution in [3.63, 3.8) is 0 Å². The summed E-state index contributed by atoms with van der Waals surface area (Å²) in [6.07, 6.45) is 2.63. The van der Waals surface area contributed by atoms with E-state index in [1.807, 2.05) is 0 Å². The Labute approximate surface area is 95.7 Å². The minimum Gasteiger partial charge on any atom is -0.476 e. The molecule has 0 fully saturated rings. The van der Waals surface area contributed by atoms with E-state index >= 15 is 0 Å². The Balaban J connectivity index is 2.25. The van der Waals surface area contributed by atoms with Gasteiger partial charge in [0.05, 0.1) is 18.1 Å². The molecule has 2 heterocycles. The second-order valence-electron chi connectivity index (χ2n) is 3.27. The summed E-state index contributed by atoms with van der Waals surface area (Å²) in [5.74, 6) is -1.59. The SMILES string of the molecule is Cn1ncc(NC(=O)c2ccco2)c1C(=O)O. The third-order valence-corrected chi connectivity index (χ3v) is 2.13. The van der Waals surface area contributed by atoms with Crippen LogP contribution in [0, 0.1) is 0 Å². The van der Waals surface area contributed by atoms with Crippen molar-refractivity contribution in [2.45, 2.75) is 0 Å². The van der Waals surface area contributed by atoms with Crippen molar-refractivity contribution < 1.29 is 19.1 Å². The lowest BCUT2D eigenvalue weighted by Crippen LogP contribution is -2.14. The quantitative estimate of drug-likeness (QED) is 0.825. The molecule has 1 amide bonds. The first-order chi connectivity index (χ1) is 8.09. The predicted octanol–water partition coefficient (Wildman–Crippen LogP) is 0.964. The molecule has 0 aliphatic carbocycles. The number of aryl methyl sites for hydroxylation is 1. The van der Waals surface area contributed by atoms with Gasteiger partial charge in [-0.05, 0) is 12.1 Å². The molecule has 0 saturated heterocycles. The number of amides is 1. The third kappa shape index (κ3) is 2.03. The fraction of sp³-hybridized carbons (Fsp3) is 0.100. The van der Waals surface area contributed by atoms with E-state index in [9.17, 15) is 9.59 Å². The van der Waals surface area contributed by atoms with Crippen molar-refractivity contribution in [1.29, 1.82) is 0 Å². The second-order valence-corrected chi connectivity index (χ2v) is 3.27. The van der Waals surface area contributed by atoms with Crippen LogP contribution in [0.1, 0.15) is 21.0 Å². The maximum Gasteiger partial charge on any atom is 0.356 e. The molecular formula is C10H9N3O4. The molecular weight excluding hydrogens is 226 g/mol. The summed E-state index contributed by atoms with van der Waals surface area (Å²) in [4.78, 5) is 22.6. The molecule has 2 rings (SSSR count). The number of aromatic carboxylic acids is 1. The van der Waals surface area contributed by atoms with Gasteiger partial charge in [0.15, 0.2) is 11.5 Å². The molecule has 0 saturated carbocycles. The third-order valence-electron chi connectivity index (χ3n) is 2.13. The Bertz CT molecular complexity index is 556. The molecule has 0 aromatic carbocycles. The molecule has 0 aliphatic rings. The fourth-order valence-electron chi connectivity index (χ4n) is 1.37. The number of aromatic nitrogens is 2. The van der Waals surface area contributed by atoms with Gasteiger partial charge in [0.2, 0.25) is 0 Å². The van der Waals surface area contributed by atoms with Crippen molar-refractivity contribution in [3.05, 3.63) is 36.0 Å². The van der Waals surface area contributed by atoms with Gasteiger partial charge in [-0.3, -0.25) is 9.48 Å². The smallest absolute Gasteiger partial charge is 0.356 e. The normalized spacial score (nSPS) is 10.2. The molecule has 7 nitrogen and oxygen atoms in total. The number of nitrogens with one attached hydrogen (secondary N) is 1. The number of carboxylic acid groups (broad SMARTS) is 1. The van der Waals surface area contributed by atoms with Crippen LogP contribution >= 0.6 is 0 Å². The van der Waals surface area contributed by atoms with E-state index in [2.05, 4.69) is 10.4 Å². The molecule has 0 bridgehead atoms. The highest BCUT2D eigenvalue weighted by Gasteiger charge is 2.19. The average molecular weight is 235 g/mol. The van der Waals surface area contributed by atoms with E-state index < -0.39 is 11.9 Å². The van der Waals surface area contributed by atoms with Crippen LogP contribution in [0.3, 0.4) is 0 Å². The van der Waals surface area contributed by atoms with E-state index in [0.717, 1.165) is 0 Å². The molecule has 0 unspecified atom stereocenters. The van der Waals surface area contributed by atoms with Crippen LogP contribution in [0.5, 0.6) is 0 Å². The van der Waals surface area contributed by atoms with Crippen LogP contribution in [0.2, 0.25) is 0 Å². The average Bonchev–Trinajstić information content (AvgIpc) is 2.87. The molecule has 88 valence electrons. The van der Waals surface area contributed by atoms with Gasteiger partial charge in [0.25, 0.3) is 5.91 Å². The standard InChI is InChI=1S/C10H9N3O4/c1-13-8(10(15)16)6(5-11-13)12-9(14)7-3-2-4-17-7/h2-5H,1H3,(H,12,14)(H,15,16). The minimum absolute atomic E-state index is 0.0927. The number of rotatable bonds is 3. The molecule has 0 aliphatic heterocycles. The largest absolute Gasteiger partial charge is 0.476 e. The van der Waals surface area contributed by atoms with Crippen LogP contribution in [0.15, 0.2) is 29.0 Å². The zero-order valence-electron chi connectivity index (χ0n) is 8.88. The monoisotopic (exact) mass is 235 g/mol. The molecule has 2 aromatic heterocycles. The number of anilines is 1. The summed E-state index contributed by atoms with van der Waals surface area (Å²) in [7, 11) is 1.48. The number of hydrogen-bond donors (Lipinski definition) is 2. The van der Waals surface area contributed by atoms with Gasteiger partial charge in [-0.2, -0.15) is 5.10 Å². The second kappa shape index (κ2) is 4.12. The Hall–Kier alpha value is -2.57. The number of carboxylic acids is 1. The molecule has 0 atom stereocenters. The van der Waals surface area contributed by atoms with Crippen molar-refractivity contribution in [2.75, 3.05) is 5.32 Å². The molecule has 0 radical (unpaired) electrons. The fourth-order valence-corrected chi connectivity index (χ4v) is 1.37. The van der Waals surface area contributed by atoms with Crippen LogP contribution in [-0.4, -0.2) is 26.8 Å². The van der Waals surface area contributed by atoms with Crippen molar-refractivity contribution >= 4 is 17.6 Å². The molecule has 7 heteroatoms. The number of furan rings is 1. The lowest BCUT2D eigenvalue weighted by atomic mass is 10.3. The summed E-state index contributed by atoms with van der Waals surface area (Å²) in [5.41, 5.74) is 0.0336. The van der Waals surface area contributed by atoms with Crippen molar-refractivity contribution in [1.82, 2.24) is 9.78 Å². The van der Waals surface area contributed by atoms with Crippen LogP contribution < -0.4 is 5.32 Å². The Morgan fingerprint density at radius 2 is 2.29 bits per heavy atom. The summed E-state index contributed by atoms with van der Waals surface area (Å²) >= 11 is 0. The highest BCUT2D eigenvalue weighted by atomic mass is 16.4. The number of nitrogens with zero attached hydrogens (tertiary/aromatic N) is 2. The molecule has 2 aromatic rings. The maximum absolute atomic E-state index is 11.6. The Kier molecular flexibility index (Phi) is 2.65. The topological polar surface area (TPSA) is 97.4 Å².